The highest BCUT2D eigenvalue weighted by Crippen LogP contribution is 2.44. The summed E-state index contributed by atoms with van der Waals surface area (Å²) >= 11 is 0. The highest BCUT2D eigenvalue weighted by Gasteiger charge is 2.30. The van der Waals surface area contributed by atoms with Crippen LogP contribution in [0.15, 0.2) is 47.0 Å². The van der Waals surface area contributed by atoms with Gasteiger partial charge in [0.1, 0.15) is 5.58 Å². The summed E-state index contributed by atoms with van der Waals surface area (Å²) in [6.45, 7) is 2.23. The Morgan fingerprint density at radius 1 is 1.04 bits per heavy atom. The molecule has 0 saturated heterocycles. The van der Waals surface area contributed by atoms with Crippen molar-refractivity contribution in [1.29, 1.82) is 0 Å². The second kappa shape index (κ2) is 5.60. The molecule has 0 spiro atoms. The zero-order chi connectivity index (χ0) is 19.0. The van der Waals surface area contributed by atoms with Crippen LogP contribution in [-0.4, -0.2) is 4.57 Å². The summed E-state index contributed by atoms with van der Waals surface area (Å²) in [5.41, 5.74) is 7.33. The third kappa shape index (κ3) is 1.97. The first-order valence-electron chi connectivity index (χ1n) is 10.4. The maximum atomic E-state index is 6.72. The summed E-state index contributed by atoms with van der Waals surface area (Å²) in [5.74, 6) is 0.588. The molecule has 1 fully saturated rings. The molecular formula is C25H25N2O+. The molecule has 3 nitrogen and oxygen atoms in total. The van der Waals surface area contributed by atoms with E-state index in [2.05, 4.69) is 72.7 Å². The summed E-state index contributed by atoms with van der Waals surface area (Å²) in [6.07, 6.45) is 7.35. The first-order valence-corrected chi connectivity index (χ1v) is 10.4. The van der Waals surface area contributed by atoms with Crippen molar-refractivity contribution in [3.05, 3.63) is 53.7 Å². The van der Waals surface area contributed by atoms with E-state index in [1.54, 1.807) is 0 Å². The molecule has 2 aromatic carbocycles. The van der Waals surface area contributed by atoms with Crippen LogP contribution in [0.25, 0.3) is 43.9 Å². The van der Waals surface area contributed by atoms with Crippen LogP contribution in [0.2, 0.25) is 0 Å². The largest absolute Gasteiger partial charge is 0.452 e. The molecule has 0 bridgehead atoms. The third-order valence-electron chi connectivity index (χ3n) is 6.87. The smallest absolute Gasteiger partial charge is 0.289 e. The molecule has 3 aromatic heterocycles. The van der Waals surface area contributed by atoms with E-state index in [1.807, 2.05) is 0 Å². The first kappa shape index (κ1) is 16.2. The highest BCUT2D eigenvalue weighted by atomic mass is 16.3. The molecule has 5 aromatic rings. The molecule has 0 N–H and O–H groups in total. The van der Waals surface area contributed by atoms with Gasteiger partial charge in [0, 0.05) is 16.3 Å². The second-order valence-corrected chi connectivity index (χ2v) is 8.51. The Kier molecular flexibility index (Phi) is 3.24. The van der Waals surface area contributed by atoms with Crippen molar-refractivity contribution in [3.63, 3.8) is 0 Å². The minimum atomic E-state index is 0.588. The lowest BCUT2D eigenvalue weighted by molar-refractivity contribution is -0.645. The van der Waals surface area contributed by atoms with Gasteiger partial charge in [-0.2, -0.15) is 0 Å². The van der Waals surface area contributed by atoms with Crippen molar-refractivity contribution in [2.75, 3.05) is 0 Å². The Labute approximate surface area is 164 Å². The van der Waals surface area contributed by atoms with Gasteiger partial charge in [0.15, 0.2) is 11.1 Å². The van der Waals surface area contributed by atoms with Gasteiger partial charge in [-0.1, -0.05) is 37.1 Å². The number of aryl methyl sites for hydroxylation is 3. The van der Waals surface area contributed by atoms with E-state index >= 15 is 0 Å². The van der Waals surface area contributed by atoms with Crippen LogP contribution in [0.1, 0.15) is 42.7 Å². The quantitative estimate of drug-likeness (QED) is 0.201. The average Bonchev–Trinajstić information content (AvgIpc) is 3.35. The maximum absolute atomic E-state index is 6.72. The molecular weight excluding hydrogens is 344 g/mol. The fourth-order valence-corrected chi connectivity index (χ4v) is 5.61. The van der Waals surface area contributed by atoms with Gasteiger partial charge in [-0.3, -0.25) is 0 Å². The predicted octanol–water partition coefficient (Wildman–Crippen LogP) is 6.02. The number of rotatable bonds is 1. The van der Waals surface area contributed by atoms with Gasteiger partial charge in [-0.25, -0.2) is 9.13 Å². The molecule has 1 aliphatic rings. The molecule has 1 aliphatic carbocycles. The molecule has 3 heteroatoms. The van der Waals surface area contributed by atoms with Crippen molar-refractivity contribution in [2.24, 2.45) is 14.1 Å². The lowest BCUT2D eigenvalue weighted by Crippen LogP contribution is -2.28. The van der Waals surface area contributed by atoms with Crippen molar-refractivity contribution in [2.45, 2.75) is 38.5 Å². The van der Waals surface area contributed by atoms with E-state index in [1.165, 1.54) is 69.5 Å². The lowest BCUT2D eigenvalue weighted by atomic mass is 9.92. The minimum Gasteiger partial charge on any atom is -0.452 e. The van der Waals surface area contributed by atoms with Crippen molar-refractivity contribution < 1.29 is 8.98 Å². The number of pyridine rings is 1. The minimum absolute atomic E-state index is 0.588. The monoisotopic (exact) mass is 369 g/mol. The average molecular weight is 369 g/mol. The highest BCUT2D eigenvalue weighted by molar-refractivity contribution is 6.19. The normalized spacial score (nSPS) is 15.7. The fourth-order valence-electron chi connectivity index (χ4n) is 5.61. The Balaban J connectivity index is 1.95. The molecule has 6 rings (SSSR count). The lowest BCUT2D eigenvalue weighted by Gasteiger charge is -2.17. The van der Waals surface area contributed by atoms with Gasteiger partial charge in [0.2, 0.25) is 0 Å². The van der Waals surface area contributed by atoms with Gasteiger partial charge in [-0.15, -0.1) is 0 Å². The SMILES string of the molecule is Cc1ccc2cccc3oc4c(C5CCCC5)c5cc[n+](C)c5n(C)c4c1c23. The van der Waals surface area contributed by atoms with Crippen LogP contribution in [0.3, 0.4) is 0 Å². The van der Waals surface area contributed by atoms with Crippen molar-refractivity contribution in [1.82, 2.24) is 4.57 Å². The zero-order valence-electron chi connectivity index (χ0n) is 16.7. The summed E-state index contributed by atoms with van der Waals surface area (Å²) in [6, 6.07) is 13.2. The molecule has 3 heterocycles. The second-order valence-electron chi connectivity index (χ2n) is 8.51. The zero-order valence-corrected chi connectivity index (χ0v) is 16.7. The Morgan fingerprint density at radius 2 is 1.86 bits per heavy atom. The standard InChI is InChI=1S/C25H25N2O/c1-15-11-12-17-9-6-10-19-22(17)20(15)23-24(28-19)21(16-7-4-5-8-16)18-13-14-26(2)25(18)27(23)3/h6,9-14,16H,4-5,7-8H2,1-3H3/q+1. The molecule has 1 saturated carbocycles. The van der Waals surface area contributed by atoms with Crippen molar-refractivity contribution >= 4 is 43.9 Å². The molecule has 0 aliphatic heterocycles. The topological polar surface area (TPSA) is 21.9 Å². The number of aromatic nitrogens is 2. The fraction of sp³-hybridized carbons (Fsp3) is 0.320. The summed E-state index contributed by atoms with van der Waals surface area (Å²) < 4.78 is 11.3. The van der Waals surface area contributed by atoms with Gasteiger partial charge in [-0.05, 0) is 48.8 Å². The van der Waals surface area contributed by atoms with E-state index in [9.17, 15) is 0 Å². The Morgan fingerprint density at radius 3 is 2.68 bits per heavy atom. The summed E-state index contributed by atoms with van der Waals surface area (Å²) in [4.78, 5) is 0. The maximum Gasteiger partial charge on any atom is 0.289 e. The molecule has 28 heavy (non-hydrogen) atoms. The molecule has 0 atom stereocenters. The molecule has 140 valence electrons. The summed E-state index contributed by atoms with van der Waals surface area (Å²) in [7, 11) is 4.34. The Hall–Kier alpha value is -2.81. The number of nitrogens with zero attached hydrogens (tertiary/aromatic N) is 2. The van der Waals surface area contributed by atoms with Gasteiger partial charge in [0.05, 0.1) is 25.7 Å². The Bertz CT molecular complexity index is 1400. The van der Waals surface area contributed by atoms with Crippen LogP contribution in [0.4, 0.5) is 0 Å². The van der Waals surface area contributed by atoms with Crippen LogP contribution < -0.4 is 4.57 Å². The third-order valence-corrected chi connectivity index (χ3v) is 6.87. The van der Waals surface area contributed by atoms with Gasteiger partial charge < -0.3 is 4.42 Å². The summed E-state index contributed by atoms with van der Waals surface area (Å²) in [5, 5.41) is 5.17. The molecule has 0 amide bonds. The van der Waals surface area contributed by atoms with Gasteiger partial charge in [0.25, 0.3) is 5.65 Å². The van der Waals surface area contributed by atoms with E-state index in [-0.39, 0.29) is 0 Å². The number of fused-ring (bicyclic) bond motifs is 3. The number of hydrogen-bond acceptors (Lipinski definition) is 1. The van der Waals surface area contributed by atoms with Gasteiger partial charge >= 0.3 is 0 Å². The first-order chi connectivity index (χ1) is 13.6. The predicted molar refractivity (Wildman–Crippen MR) is 115 cm³/mol. The molecule has 0 radical (unpaired) electrons. The number of hydrogen-bond donors (Lipinski definition) is 0. The van der Waals surface area contributed by atoms with E-state index < -0.39 is 0 Å². The van der Waals surface area contributed by atoms with E-state index in [0.29, 0.717) is 5.92 Å². The van der Waals surface area contributed by atoms with E-state index in [4.69, 9.17) is 4.42 Å². The van der Waals surface area contributed by atoms with Crippen LogP contribution in [0.5, 0.6) is 0 Å². The van der Waals surface area contributed by atoms with Crippen LogP contribution in [-0.2, 0) is 14.1 Å². The van der Waals surface area contributed by atoms with Crippen molar-refractivity contribution in [3.8, 4) is 0 Å². The van der Waals surface area contributed by atoms with Crippen LogP contribution >= 0.6 is 0 Å². The molecule has 0 unspecified atom stereocenters. The van der Waals surface area contributed by atoms with Crippen LogP contribution in [0, 0.1) is 6.92 Å². The number of benzene rings is 2. The van der Waals surface area contributed by atoms with E-state index in [0.717, 1.165) is 11.2 Å².